The molecule has 1 amide bonds. The van der Waals surface area contributed by atoms with Crippen LogP contribution in [0.4, 0.5) is 5.69 Å². The number of para-hydroxylation sites is 1. The molecule has 3 heterocycles. The van der Waals surface area contributed by atoms with Gasteiger partial charge in [-0.2, -0.15) is 0 Å². The van der Waals surface area contributed by atoms with Crippen LogP contribution in [0.15, 0.2) is 72.8 Å². The molecule has 3 aliphatic heterocycles. The molecule has 2 fully saturated rings. The molecule has 8 nitrogen and oxygen atoms in total. The summed E-state index contributed by atoms with van der Waals surface area (Å²) in [4.78, 5) is 28.3. The average molecular weight is 500 g/mol. The molecule has 1 spiro atoms. The summed E-state index contributed by atoms with van der Waals surface area (Å²) in [6, 6.07) is 21.6. The lowest BCUT2D eigenvalue weighted by Gasteiger charge is -2.32. The molecule has 3 aliphatic rings. The van der Waals surface area contributed by atoms with Gasteiger partial charge in [-0.25, -0.2) is 0 Å². The number of hydrogen-bond acceptors (Lipinski definition) is 6. The van der Waals surface area contributed by atoms with Crippen molar-refractivity contribution >= 4 is 11.6 Å². The molecule has 0 unspecified atom stereocenters. The summed E-state index contributed by atoms with van der Waals surface area (Å²) in [6.45, 7) is 3.36. The van der Waals surface area contributed by atoms with Gasteiger partial charge in [0.15, 0.2) is 17.0 Å². The lowest BCUT2D eigenvalue weighted by molar-refractivity contribution is -0.534. The van der Waals surface area contributed by atoms with E-state index in [-0.39, 0.29) is 16.9 Å². The Morgan fingerprint density at radius 1 is 1.05 bits per heavy atom. The van der Waals surface area contributed by atoms with Gasteiger partial charge in [-0.1, -0.05) is 54.6 Å². The van der Waals surface area contributed by atoms with Gasteiger partial charge in [-0.05, 0) is 49.1 Å². The van der Waals surface area contributed by atoms with Crippen molar-refractivity contribution < 1.29 is 19.2 Å². The van der Waals surface area contributed by atoms with E-state index in [1.54, 1.807) is 0 Å². The second-order valence-corrected chi connectivity index (χ2v) is 9.84. The van der Waals surface area contributed by atoms with Crippen LogP contribution in [-0.2, 0) is 16.9 Å². The first-order valence-corrected chi connectivity index (χ1v) is 12.8. The standard InChI is InChI=1S/C29H29N3O5/c1-2-36-25-17-20(14-15-24(25)37-18-19-9-4-3-5-10-19)26-23-13-8-16-31(23)29(27(26)32(34)35)21-11-6-7-12-22(21)30-28(29)33/h3-7,9-12,14-15,17,23,26-27H,2,8,13,16,18H2,1H3,(H,30,33)/t23-,26+,27-,29+/m0/s1. The summed E-state index contributed by atoms with van der Waals surface area (Å²) in [6.07, 6.45) is 1.68. The molecule has 3 aromatic rings. The van der Waals surface area contributed by atoms with E-state index in [9.17, 15) is 14.9 Å². The first-order valence-electron chi connectivity index (χ1n) is 12.8. The van der Waals surface area contributed by atoms with Crippen LogP contribution < -0.4 is 14.8 Å². The van der Waals surface area contributed by atoms with Crippen molar-refractivity contribution in [1.82, 2.24) is 4.90 Å². The topological polar surface area (TPSA) is 93.9 Å². The van der Waals surface area contributed by atoms with Crippen molar-refractivity contribution in [3.63, 3.8) is 0 Å². The minimum atomic E-state index is -1.33. The molecule has 190 valence electrons. The van der Waals surface area contributed by atoms with Crippen LogP contribution in [0.3, 0.4) is 0 Å². The lowest BCUT2D eigenvalue weighted by atomic mass is 9.77. The van der Waals surface area contributed by atoms with E-state index in [0.717, 1.165) is 24.0 Å². The van der Waals surface area contributed by atoms with Crippen molar-refractivity contribution in [3.05, 3.63) is 99.6 Å². The first-order chi connectivity index (χ1) is 18.1. The summed E-state index contributed by atoms with van der Waals surface area (Å²) in [5.41, 5.74) is 1.85. The number of rotatable bonds is 7. The van der Waals surface area contributed by atoms with Crippen molar-refractivity contribution in [3.8, 4) is 11.5 Å². The molecule has 1 N–H and O–H groups in total. The summed E-state index contributed by atoms with van der Waals surface area (Å²) in [5, 5.41) is 15.8. The molecular formula is C29H29N3O5. The number of anilines is 1. The van der Waals surface area contributed by atoms with Gasteiger partial charge >= 0.3 is 0 Å². The van der Waals surface area contributed by atoms with Gasteiger partial charge in [0.2, 0.25) is 0 Å². The van der Waals surface area contributed by atoms with Gasteiger partial charge in [0.25, 0.3) is 11.9 Å². The number of ether oxygens (including phenoxy) is 2. The Morgan fingerprint density at radius 2 is 1.84 bits per heavy atom. The minimum absolute atomic E-state index is 0.127. The van der Waals surface area contributed by atoms with Gasteiger partial charge in [-0.3, -0.25) is 19.8 Å². The number of fused-ring (bicyclic) bond motifs is 4. The van der Waals surface area contributed by atoms with E-state index < -0.39 is 17.5 Å². The summed E-state index contributed by atoms with van der Waals surface area (Å²) < 4.78 is 12.0. The van der Waals surface area contributed by atoms with Gasteiger partial charge in [0, 0.05) is 28.8 Å². The van der Waals surface area contributed by atoms with Crippen LogP contribution in [-0.4, -0.2) is 41.0 Å². The zero-order chi connectivity index (χ0) is 25.6. The van der Waals surface area contributed by atoms with E-state index in [1.165, 1.54) is 0 Å². The number of amides is 1. The zero-order valence-electron chi connectivity index (χ0n) is 20.6. The second kappa shape index (κ2) is 9.19. The molecule has 0 aliphatic carbocycles. The van der Waals surface area contributed by atoms with Crippen LogP contribution >= 0.6 is 0 Å². The van der Waals surface area contributed by atoms with E-state index in [2.05, 4.69) is 10.2 Å². The molecule has 3 aromatic carbocycles. The molecule has 0 aromatic heterocycles. The third kappa shape index (κ3) is 3.58. The number of nitrogens with zero attached hydrogens (tertiary/aromatic N) is 2. The molecule has 2 saturated heterocycles. The highest BCUT2D eigenvalue weighted by Crippen LogP contribution is 2.58. The highest BCUT2D eigenvalue weighted by Gasteiger charge is 2.73. The Labute approximate surface area is 215 Å². The molecule has 6 rings (SSSR count). The van der Waals surface area contributed by atoms with E-state index >= 15 is 0 Å². The minimum Gasteiger partial charge on any atom is -0.490 e. The Kier molecular flexibility index (Phi) is 5.83. The Bertz CT molecular complexity index is 1350. The molecule has 4 atom stereocenters. The van der Waals surface area contributed by atoms with Crippen molar-refractivity contribution in [2.24, 2.45) is 0 Å². The number of hydrogen-bond donors (Lipinski definition) is 1. The maximum atomic E-state index is 13.6. The highest BCUT2D eigenvalue weighted by atomic mass is 16.6. The molecule has 8 heteroatoms. The predicted molar refractivity (Wildman–Crippen MR) is 138 cm³/mol. The average Bonchev–Trinajstić information content (AvgIpc) is 3.57. The smallest absolute Gasteiger partial charge is 0.256 e. The van der Waals surface area contributed by atoms with Crippen LogP contribution in [0.25, 0.3) is 0 Å². The Morgan fingerprint density at radius 3 is 2.62 bits per heavy atom. The van der Waals surface area contributed by atoms with E-state index in [0.29, 0.717) is 42.5 Å². The van der Waals surface area contributed by atoms with Gasteiger partial charge in [-0.15, -0.1) is 0 Å². The molecular weight excluding hydrogens is 470 g/mol. The SMILES string of the molecule is CCOc1cc([C@H]2[C@H]([N+](=O)[O-])[C@]3(C(=O)Nc4ccccc43)N3CCC[C@@H]23)ccc1OCc1ccccc1. The summed E-state index contributed by atoms with van der Waals surface area (Å²) >= 11 is 0. The normalized spacial score (nSPS) is 26.1. The fourth-order valence-electron chi connectivity index (χ4n) is 6.63. The second-order valence-electron chi connectivity index (χ2n) is 9.84. The zero-order valence-corrected chi connectivity index (χ0v) is 20.6. The largest absolute Gasteiger partial charge is 0.490 e. The number of benzene rings is 3. The van der Waals surface area contributed by atoms with E-state index in [1.807, 2.05) is 79.7 Å². The number of nitro groups is 1. The van der Waals surface area contributed by atoms with E-state index in [4.69, 9.17) is 9.47 Å². The van der Waals surface area contributed by atoms with Gasteiger partial charge in [0.05, 0.1) is 12.5 Å². The van der Waals surface area contributed by atoms with Crippen molar-refractivity contribution in [1.29, 1.82) is 0 Å². The molecule has 0 saturated carbocycles. The van der Waals surface area contributed by atoms with Crippen LogP contribution in [0.5, 0.6) is 11.5 Å². The highest BCUT2D eigenvalue weighted by molar-refractivity contribution is 6.07. The fourth-order valence-corrected chi connectivity index (χ4v) is 6.63. The van der Waals surface area contributed by atoms with Gasteiger partial charge < -0.3 is 14.8 Å². The predicted octanol–water partition coefficient (Wildman–Crippen LogP) is 4.72. The monoisotopic (exact) mass is 499 g/mol. The van der Waals surface area contributed by atoms with Crippen LogP contribution in [0, 0.1) is 10.1 Å². The lowest BCUT2D eigenvalue weighted by Crippen LogP contribution is -2.55. The number of nitrogens with one attached hydrogen (secondary N) is 1. The summed E-state index contributed by atoms with van der Waals surface area (Å²) in [5.74, 6) is 0.362. The fraction of sp³-hybridized carbons (Fsp3) is 0.345. The molecule has 37 heavy (non-hydrogen) atoms. The van der Waals surface area contributed by atoms with Crippen LogP contribution in [0.2, 0.25) is 0 Å². The third-order valence-electron chi connectivity index (χ3n) is 7.98. The molecule has 0 radical (unpaired) electrons. The summed E-state index contributed by atoms with van der Waals surface area (Å²) in [7, 11) is 0. The number of carbonyl (C=O) groups is 1. The Hall–Kier alpha value is -3.91. The number of carbonyl (C=O) groups excluding carboxylic acids is 1. The van der Waals surface area contributed by atoms with Gasteiger partial charge in [0.1, 0.15) is 6.61 Å². The van der Waals surface area contributed by atoms with Crippen molar-refractivity contribution in [2.45, 2.75) is 49.9 Å². The molecule has 0 bridgehead atoms. The Balaban J connectivity index is 1.42. The quantitative estimate of drug-likeness (QED) is 0.374. The van der Waals surface area contributed by atoms with Crippen LogP contribution in [0.1, 0.15) is 42.4 Å². The maximum Gasteiger partial charge on any atom is 0.256 e. The third-order valence-corrected chi connectivity index (χ3v) is 7.98. The maximum absolute atomic E-state index is 13.6. The first kappa shape index (κ1) is 23.5. The van der Waals surface area contributed by atoms with Crippen molar-refractivity contribution in [2.75, 3.05) is 18.5 Å².